The Morgan fingerprint density at radius 1 is 1.41 bits per heavy atom. The number of rotatable bonds is 8. The maximum Gasteiger partial charge on any atom is 0.334 e. The van der Waals surface area contributed by atoms with Gasteiger partial charge in [-0.3, -0.25) is 13.6 Å². The highest BCUT2D eigenvalue weighted by Gasteiger charge is 2.18. The van der Waals surface area contributed by atoms with Gasteiger partial charge < -0.3 is 24.5 Å². The maximum absolute atomic E-state index is 11.3. The summed E-state index contributed by atoms with van der Waals surface area (Å²) in [6.45, 7) is -0.0525. The topological polar surface area (TPSA) is 148 Å². The van der Waals surface area contributed by atoms with Gasteiger partial charge in [0, 0.05) is 11.4 Å². The second-order valence-electron chi connectivity index (χ2n) is 4.07. The van der Waals surface area contributed by atoms with Gasteiger partial charge in [-0.1, -0.05) is 28.4 Å². The van der Waals surface area contributed by atoms with Gasteiger partial charge in [-0.05, 0) is 17.7 Å². The number of amides is 1. The van der Waals surface area contributed by atoms with Crippen molar-refractivity contribution < 1.29 is 32.7 Å². The first kappa shape index (κ1) is 18.5. The fourth-order valence-corrected chi connectivity index (χ4v) is 1.96. The lowest BCUT2D eigenvalue weighted by molar-refractivity contribution is -0.114. The van der Waals surface area contributed by atoms with Crippen LogP contribution in [0.1, 0.15) is 5.56 Å². The lowest BCUT2D eigenvalue weighted by Gasteiger charge is -2.06. The molecule has 22 heavy (non-hydrogen) atoms. The SMILES string of the molecule is O=C(CP(=O)(O)O)Nc1ccc(/C=N\OCCS(=O)[O-])cc1. The molecule has 0 saturated heterocycles. The first-order chi connectivity index (χ1) is 10.3. The van der Waals surface area contributed by atoms with Gasteiger partial charge in [0.1, 0.15) is 12.8 Å². The average molecular weight is 349 g/mol. The molecular formula is C11H14N2O7PS-. The van der Waals surface area contributed by atoms with Crippen LogP contribution >= 0.6 is 7.60 Å². The Morgan fingerprint density at radius 3 is 2.59 bits per heavy atom. The van der Waals surface area contributed by atoms with Gasteiger partial charge in [0.15, 0.2) is 0 Å². The molecule has 0 aliphatic carbocycles. The zero-order chi connectivity index (χ0) is 16.6. The third kappa shape index (κ3) is 8.65. The van der Waals surface area contributed by atoms with Gasteiger partial charge >= 0.3 is 7.60 Å². The minimum absolute atomic E-state index is 0.0525. The Morgan fingerprint density at radius 2 is 2.05 bits per heavy atom. The molecule has 0 aromatic heterocycles. The highest BCUT2D eigenvalue weighted by Crippen LogP contribution is 2.33. The summed E-state index contributed by atoms with van der Waals surface area (Å²) in [6.07, 6.45) is 0.472. The van der Waals surface area contributed by atoms with Crippen LogP contribution < -0.4 is 5.32 Å². The minimum Gasteiger partial charge on any atom is -0.772 e. The van der Waals surface area contributed by atoms with E-state index in [1.165, 1.54) is 18.3 Å². The normalized spacial score (nSPS) is 13.0. The largest absolute Gasteiger partial charge is 0.772 e. The lowest BCUT2D eigenvalue weighted by atomic mass is 10.2. The third-order valence-electron chi connectivity index (χ3n) is 2.16. The van der Waals surface area contributed by atoms with Crippen LogP contribution in [0.4, 0.5) is 5.69 Å². The van der Waals surface area contributed by atoms with Gasteiger partial charge in [-0.25, -0.2) is 0 Å². The number of hydrogen-bond acceptors (Lipinski definition) is 6. The van der Waals surface area contributed by atoms with Crippen LogP contribution in [0.2, 0.25) is 0 Å². The Kier molecular flexibility index (Phi) is 7.36. The molecule has 0 aliphatic heterocycles. The van der Waals surface area contributed by atoms with Gasteiger partial charge in [-0.2, -0.15) is 0 Å². The lowest BCUT2D eigenvalue weighted by Crippen LogP contribution is -2.16. The Balaban J connectivity index is 2.46. The van der Waals surface area contributed by atoms with Gasteiger partial charge in [0.05, 0.1) is 6.21 Å². The number of anilines is 1. The van der Waals surface area contributed by atoms with E-state index in [-0.39, 0.29) is 12.4 Å². The van der Waals surface area contributed by atoms with E-state index in [0.717, 1.165) is 0 Å². The number of nitrogens with zero attached hydrogens (tertiary/aromatic N) is 1. The van der Waals surface area contributed by atoms with E-state index in [2.05, 4.69) is 10.5 Å². The Hall–Kier alpha value is -1.58. The number of hydrogen-bond donors (Lipinski definition) is 3. The molecule has 1 rings (SSSR count). The first-order valence-corrected chi connectivity index (χ1v) is 8.96. The number of oxime groups is 1. The van der Waals surface area contributed by atoms with E-state index < -0.39 is 30.7 Å². The molecule has 9 nitrogen and oxygen atoms in total. The fraction of sp³-hybridized carbons (Fsp3) is 0.273. The number of carbonyl (C=O) groups excluding carboxylic acids is 1. The zero-order valence-corrected chi connectivity index (χ0v) is 13.0. The standard InChI is InChI=1S/C11H15N2O7PS/c14-11(8-21(15,16)17)13-10-3-1-9(2-4-10)7-12-20-5-6-22(18)19/h1-4,7H,5-6,8H2,(H,13,14)(H,18,19)(H2,15,16,17)/p-1/b12-7-. The third-order valence-corrected chi connectivity index (χ3v) is 3.36. The van der Waals surface area contributed by atoms with Crippen LogP contribution in [0, 0.1) is 0 Å². The van der Waals surface area contributed by atoms with Gasteiger partial charge in [0.2, 0.25) is 5.91 Å². The summed E-state index contributed by atoms with van der Waals surface area (Å²) >= 11 is -2.17. The molecule has 1 atom stereocenters. The Bertz CT molecular complexity index is 599. The van der Waals surface area contributed by atoms with Crippen LogP contribution in [0.15, 0.2) is 29.4 Å². The molecule has 122 valence electrons. The smallest absolute Gasteiger partial charge is 0.334 e. The summed E-state index contributed by atoms with van der Waals surface area (Å²) < 4.78 is 31.1. The average Bonchev–Trinajstić information content (AvgIpc) is 2.37. The van der Waals surface area contributed by atoms with Crippen molar-refractivity contribution in [2.24, 2.45) is 5.16 Å². The molecule has 1 unspecified atom stereocenters. The van der Waals surface area contributed by atoms with Crippen molar-refractivity contribution in [2.75, 3.05) is 23.8 Å². The van der Waals surface area contributed by atoms with Crippen molar-refractivity contribution in [3.63, 3.8) is 0 Å². The molecule has 1 aromatic rings. The van der Waals surface area contributed by atoms with Crippen molar-refractivity contribution in [3.8, 4) is 0 Å². The predicted octanol–water partition coefficient (Wildman–Crippen LogP) is 0.0324. The van der Waals surface area contributed by atoms with Crippen molar-refractivity contribution in [3.05, 3.63) is 29.8 Å². The van der Waals surface area contributed by atoms with E-state index in [1.807, 2.05) is 0 Å². The summed E-state index contributed by atoms with van der Waals surface area (Å²) in [5.41, 5.74) is 1.01. The first-order valence-electron chi connectivity index (χ1n) is 5.92. The van der Waals surface area contributed by atoms with E-state index in [1.54, 1.807) is 12.1 Å². The van der Waals surface area contributed by atoms with Crippen LogP contribution in [0.25, 0.3) is 0 Å². The van der Waals surface area contributed by atoms with Gasteiger partial charge in [-0.15, -0.1) is 0 Å². The van der Waals surface area contributed by atoms with E-state index >= 15 is 0 Å². The van der Waals surface area contributed by atoms with Crippen molar-refractivity contribution in [1.82, 2.24) is 0 Å². The summed E-state index contributed by atoms with van der Waals surface area (Å²) in [4.78, 5) is 33.4. The monoisotopic (exact) mass is 349 g/mol. The molecule has 0 saturated carbocycles. The van der Waals surface area contributed by atoms with Gasteiger partial charge in [0.25, 0.3) is 0 Å². The van der Waals surface area contributed by atoms with Crippen LogP contribution in [-0.4, -0.2) is 49.2 Å². The predicted molar refractivity (Wildman–Crippen MR) is 79.3 cm³/mol. The maximum atomic E-state index is 11.3. The molecule has 0 bridgehead atoms. The number of benzene rings is 1. The second kappa shape index (κ2) is 8.76. The summed E-state index contributed by atoms with van der Waals surface area (Å²) in [7, 11) is -4.39. The molecular weight excluding hydrogens is 335 g/mol. The minimum atomic E-state index is -4.39. The number of nitrogens with one attached hydrogen (secondary N) is 1. The highest BCUT2D eigenvalue weighted by molar-refractivity contribution is 7.79. The van der Waals surface area contributed by atoms with Crippen LogP contribution in [0.5, 0.6) is 0 Å². The molecule has 1 amide bonds. The molecule has 11 heteroatoms. The van der Waals surface area contributed by atoms with Crippen LogP contribution in [-0.2, 0) is 25.3 Å². The molecule has 0 radical (unpaired) electrons. The summed E-state index contributed by atoms with van der Waals surface area (Å²) in [5.74, 6) is -0.939. The highest BCUT2D eigenvalue weighted by atomic mass is 32.2. The molecule has 3 N–H and O–H groups in total. The molecule has 1 aromatic carbocycles. The van der Waals surface area contributed by atoms with E-state index in [9.17, 15) is 18.1 Å². The van der Waals surface area contributed by atoms with E-state index in [4.69, 9.17) is 14.6 Å². The summed E-state index contributed by atoms with van der Waals surface area (Å²) in [6, 6.07) is 6.22. The number of carbonyl (C=O) groups is 1. The molecule has 0 aliphatic rings. The van der Waals surface area contributed by atoms with Crippen molar-refractivity contribution >= 4 is 36.5 Å². The fourth-order valence-electron chi connectivity index (χ4n) is 1.30. The van der Waals surface area contributed by atoms with Crippen molar-refractivity contribution in [2.45, 2.75) is 0 Å². The molecule has 0 spiro atoms. The molecule has 0 heterocycles. The van der Waals surface area contributed by atoms with Crippen LogP contribution in [0.3, 0.4) is 0 Å². The second-order valence-corrected chi connectivity index (χ2v) is 6.73. The Labute approximate surface area is 128 Å². The van der Waals surface area contributed by atoms with E-state index in [0.29, 0.717) is 11.3 Å². The molecule has 0 fully saturated rings. The zero-order valence-electron chi connectivity index (χ0n) is 11.2. The summed E-state index contributed by atoms with van der Waals surface area (Å²) in [5, 5.41) is 5.90. The quantitative estimate of drug-likeness (QED) is 0.197. The van der Waals surface area contributed by atoms with Crippen molar-refractivity contribution in [1.29, 1.82) is 0 Å².